The van der Waals surface area contributed by atoms with Crippen LogP contribution in [0.25, 0.3) is 0 Å². The summed E-state index contributed by atoms with van der Waals surface area (Å²) in [6, 6.07) is 0. The van der Waals surface area contributed by atoms with E-state index in [1.807, 2.05) is 0 Å². The fourth-order valence-electron chi connectivity index (χ4n) is 3.42. The van der Waals surface area contributed by atoms with Crippen molar-refractivity contribution in [2.75, 3.05) is 0 Å². The summed E-state index contributed by atoms with van der Waals surface area (Å²) in [7, 11) is -0.687. The zero-order chi connectivity index (χ0) is 18.6. The summed E-state index contributed by atoms with van der Waals surface area (Å²) in [4.78, 5) is 0. The lowest BCUT2D eigenvalue weighted by molar-refractivity contribution is 0.178. The van der Waals surface area contributed by atoms with Gasteiger partial charge in [-0.05, 0) is 31.4 Å². The molecular formula is C21H48O2Si2. The second-order valence-corrected chi connectivity index (χ2v) is 11.9. The second kappa shape index (κ2) is 20.7. The van der Waals surface area contributed by atoms with Gasteiger partial charge in [-0.2, -0.15) is 0 Å². The summed E-state index contributed by atoms with van der Waals surface area (Å²) >= 11 is 0. The summed E-state index contributed by atoms with van der Waals surface area (Å²) in [5.41, 5.74) is 1.32. The van der Waals surface area contributed by atoms with E-state index in [1.54, 1.807) is 0 Å². The molecule has 0 radical (unpaired) electrons. The van der Waals surface area contributed by atoms with Gasteiger partial charge in [0.2, 0.25) is 0 Å². The molecule has 0 aromatic rings. The fourth-order valence-corrected chi connectivity index (χ4v) is 6.56. The standard InChI is InChI=1S/C21H48O2Si2/c1-5-9-11-13-17-20(15-7-3)22-24-19-25-23-21(16-8-4)18-14-12-10-6-2/h20-21H,5-19,24-25H2,1-4H3. The maximum absolute atomic E-state index is 6.31. The monoisotopic (exact) mass is 388 g/mol. The van der Waals surface area contributed by atoms with Gasteiger partial charge in [-0.1, -0.05) is 91.9 Å². The molecule has 0 N–H and O–H groups in total. The molecule has 152 valence electrons. The first-order chi connectivity index (χ1) is 12.3. The van der Waals surface area contributed by atoms with Gasteiger partial charge in [-0.25, -0.2) is 0 Å². The molecular weight excluding hydrogens is 340 g/mol. The van der Waals surface area contributed by atoms with E-state index in [4.69, 9.17) is 8.85 Å². The van der Waals surface area contributed by atoms with Gasteiger partial charge in [-0.3, -0.25) is 0 Å². The molecule has 0 saturated heterocycles. The molecule has 0 bridgehead atoms. The third-order valence-corrected chi connectivity index (χ3v) is 8.70. The summed E-state index contributed by atoms with van der Waals surface area (Å²) in [6.07, 6.45) is 19.7. The third-order valence-electron chi connectivity index (χ3n) is 4.98. The van der Waals surface area contributed by atoms with Gasteiger partial charge in [0.25, 0.3) is 0 Å². The van der Waals surface area contributed by atoms with E-state index in [0.717, 1.165) is 0 Å². The van der Waals surface area contributed by atoms with Crippen LogP contribution in [0.4, 0.5) is 0 Å². The second-order valence-electron chi connectivity index (χ2n) is 7.62. The van der Waals surface area contributed by atoms with Gasteiger partial charge >= 0.3 is 0 Å². The van der Waals surface area contributed by atoms with Gasteiger partial charge in [0, 0.05) is 12.2 Å². The normalized spacial score (nSPS) is 14.9. The average Bonchev–Trinajstić information content (AvgIpc) is 2.61. The Morgan fingerprint density at radius 2 is 0.960 bits per heavy atom. The first-order valence-corrected chi connectivity index (χ1v) is 14.7. The van der Waals surface area contributed by atoms with E-state index in [0.29, 0.717) is 12.2 Å². The number of unbranched alkanes of at least 4 members (excludes halogenated alkanes) is 6. The van der Waals surface area contributed by atoms with E-state index >= 15 is 0 Å². The van der Waals surface area contributed by atoms with E-state index in [9.17, 15) is 0 Å². The third kappa shape index (κ3) is 17.5. The SMILES string of the molecule is CCCCCCC(CCC)O[SiH2]C[SiH2]OC(CCC)CCCCCC. The Hall–Kier alpha value is 0.354. The van der Waals surface area contributed by atoms with Crippen molar-refractivity contribution >= 4 is 19.5 Å². The number of hydrogen-bond acceptors (Lipinski definition) is 2. The van der Waals surface area contributed by atoms with Crippen molar-refractivity contribution in [1.29, 1.82) is 0 Å². The van der Waals surface area contributed by atoms with Crippen LogP contribution in [-0.2, 0) is 8.85 Å². The van der Waals surface area contributed by atoms with Crippen molar-refractivity contribution in [2.24, 2.45) is 0 Å². The predicted octanol–water partition coefficient (Wildman–Crippen LogP) is 5.84. The lowest BCUT2D eigenvalue weighted by Crippen LogP contribution is -2.20. The predicted molar refractivity (Wildman–Crippen MR) is 119 cm³/mol. The Morgan fingerprint density at radius 3 is 1.32 bits per heavy atom. The van der Waals surface area contributed by atoms with Crippen LogP contribution in [0.3, 0.4) is 0 Å². The van der Waals surface area contributed by atoms with Gasteiger partial charge in [0.1, 0.15) is 0 Å². The van der Waals surface area contributed by atoms with Crippen molar-refractivity contribution in [3.8, 4) is 0 Å². The van der Waals surface area contributed by atoms with Crippen molar-refractivity contribution in [1.82, 2.24) is 0 Å². The molecule has 25 heavy (non-hydrogen) atoms. The highest BCUT2D eigenvalue weighted by atomic mass is 28.3. The first kappa shape index (κ1) is 25.4. The molecule has 0 aliphatic carbocycles. The molecule has 0 spiro atoms. The Kier molecular flexibility index (Phi) is 21.0. The molecule has 2 nitrogen and oxygen atoms in total. The molecule has 0 aromatic carbocycles. The van der Waals surface area contributed by atoms with E-state index < -0.39 is 0 Å². The molecule has 0 aliphatic rings. The van der Waals surface area contributed by atoms with Crippen molar-refractivity contribution in [3.05, 3.63) is 0 Å². The maximum Gasteiger partial charge on any atom is 0.161 e. The molecule has 2 atom stereocenters. The lowest BCUT2D eigenvalue weighted by Gasteiger charge is -2.19. The van der Waals surface area contributed by atoms with Crippen molar-refractivity contribution < 1.29 is 8.85 Å². The van der Waals surface area contributed by atoms with Gasteiger partial charge < -0.3 is 8.85 Å². The first-order valence-electron chi connectivity index (χ1n) is 11.5. The van der Waals surface area contributed by atoms with Crippen LogP contribution < -0.4 is 0 Å². The molecule has 0 saturated carbocycles. The molecule has 2 unspecified atom stereocenters. The fraction of sp³-hybridized carbons (Fsp3) is 1.00. The van der Waals surface area contributed by atoms with Gasteiger partial charge in [0.15, 0.2) is 19.5 Å². The molecule has 4 heteroatoms. The summed E-state index contributed by atoms with van der Waals surface area (Å²) in [5, 5.41) is 0. The number of hydrogen-bond donors (Lipinski definition) is 0. The van der Waals surface area contributed by atoms with E-state index in [1.165, 1.54) is 95.6 Å². The van der Waals surface area contributed by atoms with E-state index in [2.05, 4.69) is 27.7 Å². The average molecular weight is 389 g/mol. The molecule has 0 heterocycles. The molecule has 0 rings (SSSR count). The molecule has 0 aliphatic heterocycles. The molecule has 0 fully saturated rings. The highest BCUT2D eigenvalue weighted by Crippen LogP contribution is 2.14. The Balaban J connectivity index is 3.76. The van der Waals surface area contributed by atoms with Crippen molar-refractivity contribution in [3.63, 3.8) is 0 Å². The summed E-state index contributed by atoms with van der Waals surface area (Å²) < 4.78 is 12.6. The minimum absolute atomic E-state index is 0.343. The minimum atomic E-state index is -0.343. The van der Waals surface area contributed by atoms with Crippen LogP contribution >= 0.6 is 0 Å². The minimum Gasteiger partial charge on any atom is -0.421 e. The van der Waals surface area contributed by atoms with Crippen LogP contribution in [0.15, 0.2) is 0 Å². The zero-order valence-electron chi connectivity index (χ0n) is 18.0. The summed E-state index contributed by atoms with van der Waals surface area (Å²) in [6.45, 7) is 9.14. The van der Waals surface area contributed by atoms with Crippen LogP contribution in [0.5, 0.6) is 0 Å². The quantitative estimate of drug-likeness (QED) is 0.193. The summed E-state index contributed by atoms with van der Waals surface area (Å²) in [5.74, 6) is 0. The smallest absolute Gasteiger partial charge is 0.161 e. The van der Waals surface area contributed by atoms with Crippen LogP contribution in [-0.4, -0.2) is 31.7 Å². The Bertz CT molecular complexity index is 228. The van der Waals surface area contributed by atoms with Crippen LogP contribution in [0.1, 0.15) is 118 Å². The highest BCUT2D eigenvalue weighted by molar-refractivity contribution is 6.48. The Labute approximate surface area is 164 Å². The van der Waals surface area contributed by atoms with E-state index in [-0.39, 0.29) is 19.5 Å². The highest BCUT2D eigenvalue weighted by Gasteiger charge is 2.10. The molecule has 0 aromatic heterocycles. The van der Waals surface area contributed by atoms with Gasteiger partial charge in [-0.15, -0.1) is 0 Å². The van der Waals surface area contributed by atoms with Gasteiger partial charge in [0.05, 0.1) is 0 Å². The Morgan fingerprint density at radius 1 is 0.520 bits per heavy atom. The topological polar surface area (TPSA) is 18.5 Å². The lowest BCUT2D eigenvalue weighted by atomic mass is 10.1. The van der Waals surface area contributed by atoms with Crippen LogP contribution in [0.2, 0.25) is 5.67 Å². The maximum atomic E-state index is 6.31. The largest absolute Gasteiger partial charge is 0.421 e. The molecule has 0 amide bonds. The van der Waals surface area contributed by atoms with Crippen molar-refractivity contribution in [2.45, 2.75) is 135 Å². The zero-order valence-corrected chi connectivity index (χ0v) is 20.8. The van der Waals surface area contributed by atoms with Crippen LogP contribution in [0, 0.1) is 0 Å². The number of rotatable bonds is 20.